The third-order valence-corrected chi connectivity index (χ3v) is 4.45. The molecule has 0 aromatic heterocycles. The van der Waals surface area contributed by atoms with Gasteiger partial charge in [-0.15, -0.1) is 0 Å². The minimum absolute atomic E-state index is 0.0757. The molecule has 22 heavy (non-hydrogen) atoms. The van der Waals surface area contributed by atoms with E-state index in [1.165, 1.54) is 11.1 Å². The van der Waals surface area contributed by atoms with Crippen molar-refractivity contribution in [2.45, 2.75) is 33.6 Å². The SMILES string of the molecule is CCOC(=O)C1CCCN(C(=S)Nc2ccc(C)c(C)c2)C1. The molecule has 1 aliphatic rings. The van der Waals surface area contributed by atoms with E-state index in [-0.39, 0.29) is 11.9 Å². The lowest BCUT2D eigenvalue weighted by atomic mass is 9.98. The van der Waals surface area contributed by atoms with E-state index in [2.05, 4.69) is 36.2 Å². The van der Waals surface area contributed by atoms with Gasteiger partial charge in [-0.3, -0.25) is 4.79 Å². The van der Waals surface area contributed by atoms with Crippen molar-refractivity contribution in [2.75, 3.05) is 25.0 Å². The van der Waals surface area contributed by atoms with Gasteiger partial charge in [-0.1, -0.05) is 6.07 Å². The number of carbonyl (C=O) groups is 1. The summed E-state index contributed by atoms with van der Waals surface area (Å²) in [5.74, 6) is -0.186. The van der Waals surface area contributed by atoms with Gasteiger partial charge in [-0.25, -0.2) is 0 Å². The smallest absolute Gasteiger partial charge is 0.310 e. The zero-order chi connectivity index (χ0) is 16.1. The Bertz CT molecular complexity index is 560. The number of carbonyl (C=O) groups excluding carboxylic acids is 1. The normalized spacial score (nSPS) is 18.0. The van der Waals surface area contributed by atoms with Crippen LogP contribution in [0.25, 0.3) is 0 Å². The summed E-state index contributed by atoms with van der Waals surface area (Å²) in [6, 6.07) is 6.20. The van der Waals surface area contributed by atoms with Crippen LogP contribution < -0.4 is 5.32 Å². The van der Waals surface area contributed by atoms with Crippen LogP contribution in [0.3, 0.4) is 0 Å². The fraction of sp³-hybridized carbons (Fsp3) is 0.529. The van der Waals surface area contributed by atoms with Gasteiger partial charge in [0.1, 0.15) is 0 Å². The molecule has 1 heterocycles. The van der Waals surface area contributed by atoms with Crippen molar-refractivity contribution in [1.82, 2.24) is 4.90 Å². The molecule has 0 spiro atoms. The first-order chi connectivity index (χ1) is 10.5. The first kappa shape index (κ1) is 16.7. The molecule has 0 bridgehead atoms. The zero-order valence-electron chi connectivity index (χ0n) is 13.5. The molecule has 1 N–H and O–H groups in total. The number of aryl methyl sites for hydroxylation is 2. The number of benzene rings is 1. The van der Waals surface area contributed by atoms with Gasteiger partial charge in [-0.05, 0) is 69.1 Å². The Balaban J connectivity index is 1.96. The molecule has 1 fully saturated rings. The Morgan fingerprint density at radius 3 is 2.86 bits per heavy atom. The number of rotatable bonds is 3. The van der Waals surface area contributed by atoms with Gasteiger partial charge in [0.25, 0.3) is 0 Å². The number of hydrogen-bond acceptors (Lipinski definition) is 3. The van der Waals surface area contributed by atoms with E-state index in [4.69, 9.17) is 17.0 Å². The summed E-state index contributed by atoms with van der Waals surface area (Å²) in [5.41, 5.74) is 3.49. The minimum atomic E-state index is -0.110. The molecule has 1 atom stereocenters. The van der Waals surface area contributed by atoms with Crippen molar-refractivity contribution in [3.63, 3.8) is 0 Å². The average molecular weight is 320 g/mol. The Morgan fingerprint density at radius 2 is 2.18 bits per heavy atom. The zero-order valence-corrected chi connectivity index (χ0v) is 14.3. The molecule has 1 saturated heterocycles. The average Bonchev–Trinajstić information content (AvgIpc) is 2.51. The summed E-state index contributed by atoms with van der Waals surface area (Å²) >= 11 is 5.50. The monoisotopic (exact) mass is 320 g/mol. The topological polar surface area (TPSA) is 41.6 Å². The molecular formula is C17H24N2O2S. The molecule has 0 radical (unpaired) electrons. The van der Waals surface area contributed by atoms with Crippen LogP contribution in [-0.4, -0.2) is 35.7 Å². The van der Waals surface area contributed by atoms with Crippen LogP contribution in [0.4, 0.5) is 5.69 Å². The number of piperidine rings is 1. The number of hydrogen-bond donors (Lipinski definition) is 1. The second-order valence-corrected chi connectivity index (χ2v) is 6.15. The number of thiocarbonyl (C=S) groups is 1. The summed E-state index contributed by atoms with van der Waals surface area (Å²) in [6.45, 7) is 7.96. The van der Waals surface area contributed by atoms with E-state index in [0.717, 1.165) is 25.1 Å². The van der Waals surface area contributed by atoms with Gasteiger partial charge in [-0.2, -0.15) is 0 Å². The van der Waals surface area contributed by atoms with Crippen LogP contribution in [0.15, 0.2) is 18.2 Å². The Kier molecular flexibility index (Phi) is 5.77. The highest BCUT2D eigenvalue weighted by Gasteiger charge is 2.28. The van der Waals surface area contributed by atoms with Gasteiger partial charge in [0.15, 0.2) is 5.11 Å². The molecular weight excluding hydrogens is 296 g/mol. The van der Waals surface area contributed by atoms with Gasteiger partial charge in [0, 0.05) is 18.8 Å². The minimum Gasteiger partial charge on any atom is -0.466 e. The number of ether oxygens (including phenoxy) is 1. The lowest BCUT2D eigenvalue weighted by molar-refractivity contribution is -0.149. The van der Waals surface area contributed by atoms with Gasteiger partial charge in [0.2, 0.25) is 0 Å². The first-order valence-corrected chi connectivity index (χ1v) is 8.22. The molecule has 4 nitrogen and oxygen atoms in total. The van der Waals surface area contributed by atoms with Crippen LogP contribution in [0.2, 0.25) is 0 Å². The van der Waals surface area contributed by atoms with Gasteiger partial charge >= 0.3 is 5.97 Å². The summed E-state index contributed by atoms with van der Waals surface area (Å²) in [5, 5.41) is 3.95. The van der Waals surface area contributed by atoms with Crippen LogP contribution in [0.1, 0.15) is 30.9 Å². The molecule has 1 aromatic carbocycles. The molecule has 5 heteroatoms. The van der Waals surface area contributed by atoms with E-state index in [1.54, 1.807) is 0 Å². The lowest BCUT2D eigenvalue weighted by Gasteiger charge is -2.33. The van der Waals surface area contributed by atoms with Gasteiger partial charge in [0.05, 0.1) is 12.5 Å². The van der Waals surface area contributed by atoms with Crippen molar-refractivity contribution < 1.29 is 9.53 Å². The first-order valence-electron chi connectivity index (χ1n) is 7.81. The third-order valence-electron chi connectivity index (χ3n) is 4.09. The van der Waals surface area contributed by atoms with Crippen molar-refractivity contribution in [2.24, 2.45) is 5.92 Å². The lowest BCUT2D eigenvalue weighted by Crippen LogP contribution is -2.44. The fourth-order valence-electron chi connectivity index (χ4n) is 2.64. The Hall–Kier alpha value is -1.62. The molecule has 120 valence electrons. The van der Waals surface area contributed by atoms with Crippen molar-refractivity contribution in [1.29, 1.82) is 0 Å². The van der Waals surface area contributed by atoms with E-state index in [9.17, 15) is 4.79 Å². The molecule has 0 saturated carbocycles. The number of likely N-dealkylation sites (tertiary alicyclic amines) is 1. The quantitative estimate of drug-likeness (QED) is 0.684. The molecule has 1 aliphatic heterocycles. The number of nitrogens with one attached hydrogen (secondary N) is 1. The van der Waals surface area contributed by atoms with Crippen LogP contribution >= 0.6 is 12.2 Å². The van der Waals surface area contributed by atoms with Gasteiger partial charge < -0.3 is 15.0 Å². The van der Waals surface area contributed by atoms with Crippen LogP contribution in [0, 0.1) is 19.8 Å². The maximum absolute atomic E-state index is 11.9. The molecule has 1 unspecified atom stereocenters. The molecule has 0 amide bonds. The standard InChI is InChI=1S/C17H24N2O2S/c1-4-21-16(20)14-6-5-9-19(11-14)17(22)18-15-8-7-12(2)13(3)10-15/h7-8,10,14H,4-6,9,11H2,1-3H3,(H,18,22). The second-order valence-electron chi connectivity index (χ2n) is 5.77. The number of esters is 1. The highest BCUT2D eigenvalue weighted by Crippen LogP contribution is 2.20. The van der Waals surface area contributed by atoms with E-state index >= 15 is 0 Å². The van der Waals surface area contributed by atoms with E-state index in [1.807, 2.05) is 13.0 Å². The summed E-state index contributed by atoms with van der Waals surface area (Å²) in [4.78, 5) is 14.0. The molecule has 1 aromatic rings. The number of nitrogens with zero attached hydrogens (tertiary/aromatic N) is 1. The number of anilines is 1. The van der Waals surface area contributed by atoms with E-state index < -0.39 is 0 Å². The summed E-state index contributed by atoms with van der Waals surface area (Å²) in [6.07, 6.45) is 1.83. The van der Waals surface area contributed by atoms with E-state index in [0.29, 0.717) is 18.3 Å². The van der Waals surface area contributed by atoms with Crippen LogP contribution in [-0.2, 0) is 9.53 Å². The van der Waals surface area contributed by atoms with Crippen molar-refractivity contribution >= 4 is 29.0 Å². The van der Waals surface area contributed by atoms with Crippen LogP contribution in [0.5, 0.6) is 0 Å². The maximum atomic E-state index is 11.9. The Labute approximate surface area is 137 Å². The molecule has 2 rings (SSSR count). The van der Waals surface area contributed by atoms with Crippen molar-refractivity contribution in [3.05, 3.63) is 29.3 Å². The second kappa shape index (κ2) is 7.58. The largest absolute Gasteiger partial charge is 0.466 e. The van der Waals surface area contributed by atoms with Crippen molar-refractivity contribution in [3.8, 4) is 0 Å². The summed E-state index contributed by atoms with van der Waals surface area (Å²) in [7, 11) is 0. The Morgan fingerprint density at radius 1 is 1.41 bits per heavy atom. The fourth-order valence-corrected chi connectivity index (χ4v) is 2.92. The maximum Gasteiger partial charge on any atom is 0.310 e. The summed E-state index contributed by atoms with van der Waals surface area (Å²) < 4.78 is 5.13. The predicted octanol–water partition coefficient (Wildman–Crippen LogP) is 3.28. The highest BCUT2D eigenvalue weighted by molar-refractivity contribution is 7.80. The third kappa shape index (κ3) is 4.19. The highest BCUT2D eigenvalue weighted by atomic mass is 32.1. The molecule has 0 aliphatic carbocycles. The predicted molar refractivity (Wildman–Crippen MR) is 93.1 cm³/mol.